The van der Waals surface area contributed by atoms with Crippen molar-refractivity contribution in [3.63, 3.8) is 0 Å². The molecule has 7 heteroatoms. The average molecular weight is 329 g/mol. The second-order valence-electron chi connectivity index (χ2n) is 4.76. The topological polar surface area (TPSA) is 95.7 Å². The van der Waals surface area contributed by atoms with E-state index < -0.39 is 23.0 Å². The summed E-state index contributed by atoms with van der Waals surface area (Å²) in [6.07, 6.45) is -1.38. The van der Waals surface area contributed by atoms with Gasteiger partial charge in [0.1, 0.15) is 0 Å². The summed E-state index contributed by atoms with van der Waals surface area (Å²) in [7, 11) is 0. The Kier molecular flexibility index (Phi) is 5.62. The van der Waals surface area contributed by atoms with Crippen LogP contribution in [0.15, 0.2) is 54.6 Å². The first-order chi connectivity index (χ1) is 11.5. The highest BCUT2D eigenvalue weighted by Crippen LogP contribution is 2.24. The summed E-state index contributed by atoms with van der Waals surface area (Å²) < 4.78 is 10.1. The van der Waals surface area contributed by atoms with Gasteiger partial charge >= 0.3 is 11.9 Å². The van der Waals surface area contributed by atoms with Crippen LogP contribution in [0.1, 0.15) is 28.9 Å². The first-order valence-electron chi connectivity index (χ1n) is 7.20. The molecule has 0 fully saturated rings. The fourth-order valence-electron chi connectivity index (χ4n) is 2.02. The van der Waals surface area contributed by atoms with Gasteiger partial charge in [-0.05, 0) is 19.1 Å². The standard InChI is InChI=1S/C17H15NO6/c1-2-23-17(20)15(13-9-6-10-14(11-13)18(21)22)24-16(19)12-7-4-3-5-8-12/h3-11,15H,2H2,1H3/t15-/m1/s1. The van der Waals surface area contributed by atoms with E-state index in [1.165, 1.54) is 36.4 Å². The van der Waals surface area contributed by atoms with Crippen LogP contribution in [0.4, 0.5) is 5.69 Å². The highest BCUT2D eigenvalue weighted by molar-refractivity contribution is 5.91. The Morgan fingerprint density at radius 1 is 1.12 bits per heavy atom. The van der Waals surface area contributed by atoms with Crippen LogP contribution in [-0.2, 0) is 14.3 Å². The monoisotopic (exact) mass is 329 g/mol. The Labute approximate surface area is 138 Å². The molecule has 0 heterocycles. The number of nitro benzene ring substituents is 1. The van der Waals surface area contributed by atoms with E-state index in [1.807, 2.05) is 0 Å². The second kappa shape index (κ2) is 7.87. The Hall–Kier alpha value is -3.22. The van der Waals surface area contributed by atoms with Crippen LogP contribution in [0.25, 0.3) is 0 Å². The number of hydrogen-bond acceptors (Lipinski definition) is 6. The van der Waals surface area contributed by atoms with Crippen molar-refractivity contribution in [1.82, 2.24) is 0 Å². The molecule has 0 aromatic heterocycles. The maximum Gasteiger partial charge on any atom is 0.352 e. The molecule has 0 saturated carbocycles. The molecule has 0 aliphatic carbocycles. The molecule has 24 heavy (non-hydrogen) atoms. The number of rotatable bonds is 6. The third-order valence-electron chi connectivity index (χ3n) is 3.12. The number of ether oxygens (including phenoxy) is 2. The summed E-state index contributed by atoms with van der Waals surface area (Å²) in [4.78, 5) is 34.6. The SMILES string of the molecule is CCOC(=O)[C@H](OC(=O)c1ccccc1)c1cccc([N+](=O)[O-])c1. The van der Waals surface area contributed by atoms with Crippen LogP contribution in [-0.4, -0.2) is 23.5 Å². The Balaban J connectivity index is 2.31. The fraction of sp³-hybridized carbons (Fsp3) is 0.176. The normalized spacial score (nSPS) is 11.4. The van der Waals surface area contributed by atoms with Crippen molar-refractivity contribution in [3.05, 3.63) is 75.8 Å². The Morgan fingerprint density at radius 3 is 2.46 bits per heavy atom. The van der Waals surface area contributed by atoms with Gasteiger partial charge in [0, 0.05) is 17.7 Å². The summed E-state index contributed by atoms with van der Waals surface area (Å²) in [6.45, 7) is 1.70. The molecule has 0 spiro atoms. The van der Waals surface area contributed by atoms with E-state index in [2.05, 4.69) is 0 Å². The zero-order valence-corrected chi connectivity index (χ0v) is 12.9. The maximum absolute atomic E-state index is 12.2. The van der Waals surface area contributed by atoms with Gasteiger partial charge in [0.05, 0.1) is 17.1 Å². The zero-order valence-electron chi connectivity index (χ0n) is 12.9. The van der Waals surface area contributed by atoms with Gasteiger partial charge in [-0.2, -0.15) is 0 Å². The highest BCUT2D eigenvalue weighted by atomic mass is 16.6. The average Bonchev–Trinajstić information content (AvgIpc) is 2.60. The van der Waals surface area contributed by atoms with E-state index in [0.29, 0.717) is 0 Å². The lowest BCUT2D eigenvalue weighted by Crippen LogP contribution is -2.22. The van der Waals surface area contributed by atoms with Crippen molar-refractivity contribution in [3.8, 4) is 0 Å². The van der Waals surface area contributed by atoms with Gasteiger partial charge in [-0.25, -0.2) is 9.59 Å². The zero-order chi connectivity index (χ0) is 17.5. The molecule has 7 nitrogen and oxygen atoms in total. The smallest absolute Gasteiger partial charge is 0.352 e. The third-order valence-corrected chi connectivity index (χ3v) is 3.12. The lowest BCUT2D eigenvalue weighted by molar-refractivity contribution is -0.385. The molecule has 1 atom stereocenters. The molecule has 2 aromatic rings. The molecule has 2 aromatic carbocycles. The maximum atomic E-state index is 12.2. The molecule has 0 aliphatic heterocycles. The quantitative estimate of drug-likeness (QED) is 0.459. The summed E-state index contributed by atoms with van der Waals surface area (Å²) in [5, 5.41) is 10.9. The minimum Gasteiger partial charge on any atom is -0.463 e. The van der Waals surface area contributed by atoms with Crippen molar-refractivity contribution in [2.75, 3.05) is 6.61 Å². The largest absolute Gasteiger partial charge is 0.463 e. The highest BCUT2D eigenvalue weighted by Gasteiger charge is 2.28. The van der Waals surface area contributed by atoms with Crippen molar-refractivity contribution in [2.24, 2.45) is 0 Å². The predicted octanol–water partition coefficient (Wildman–Crippen LogP) is 3.06. The van der Waals surface area contributed by atoms with Crippen LogP contribution in [0.3, 0.4) is 0 Å². The van der Waals surface area contributed by atoms with Gasteiger partial charge in [-0.3, -0.25) is 10.1 Å². The van der Waals surface area contributed by atoms with Gasteiger partial charge in [0.15, 0.2) is 0 Å². The number of carbonyl (C=O) groups excluding carboxylic acids is 2. The molecule has 0 radical (unpaired) electrons. The van der Waals surface area contributed by atoms with Crippen LogP contribution < -0.4 is 0 Å². The molecule has 2 rings (SSSR count). The van der Waals surface area contributed by atoms with E-state index in [0.717, 1.165) is 0 Å². The summed E-state index contributed by atoms with van der Waals surface area (Å²) >= 11 is 0. The third kappa shape index (κ3) is 4.16. The van der Waals surface area contributed by atoms with Crippen LogP contribution in [0.5, 0.6) is 0 Å². The van der Waals surface area contributed by atoms with Crippen LogP contribution in [0, 0.1) is 10.1 Å². The molecule has 0 saturated heterocycles. The van der Waals surface area contributed by atoms with Gasteiger partial charge in [-0.1, -0.05) is 30.3 Å². The van der Waals surface area contributed by atoms with E-state index in [1.54, 1.807) is 25.1 Å². The molecular weight excluding hydrogens is 314 g/mol. The van der Waals surface area contributed by atoms with Crippen LogP contribution in [0.2, 0.25) is 0 Å². The first kappa shape index (κ1) is 17.1. The van der Waals surface area contributed by atoms with Crippen molar-refractivity contribution in [1.29, 1.82) is 0 Å². The van der Waals surface area contributed by atoms with Crippen molar-refractivity contribution >= 4 is 17.6 Å². The summed E-state index contributed by atoms with van der Waals surface area (Å²) in [5.41, 5.74) is 0.224. The Morgan fingerprint density at radius 2 is 1.83 bits per heavy atom. The number of carbonyl (C=O) groups is 2. The molecule has 0 bridgehead atoms. The number of hydrogen-bond donors (Lipinski definition) is 0. The van der Waals surface area contributed by atoms with Crippen LogP contribution >= 0.6 is 0 Å². The summed E-state index contributed by atoms with van der Waals surface area (Å²) in [6, 6.07) is 13.5. The predicted molar refractivity (Wildman–Crippen MR) is 84.3 cm³/mol. The van der Waals surface area contributed by atoms with E-state index in [9.17, 15) is 19.7 Å². The van der Waals surface area contributed by atoms with E-state index in [4.69, 9.17) is 9.47 Å². The molecule has 0 amide bonds. The molecule has 0 aliphatic rings. The number of esters is 2. The van der Waals surface area contributed by atoms with E-state index in [-0.39, 0.29) is 23.4 Å². The minimum absolute atomic E-state index is 0.0904. The molecule has 124 valence electrons. The van der Waals surface area contributed by atoms with Gasteiger partial charge in [-0.15, -0.1) is 0 Å². The number of nitrogens with zero attached hydrogens (tertiary/aromatic N) is 1. The number of nitro groups is 1. The molecule has 0 N–H and O–H groups in total. The van der Waals surface area contributed by atoms with E-state index >= 15 is 0 Å². The summed E-state index contributed by atoms with van der Waals surface area (Å²) in [5.74, 6) is -1.51. The van der Waals surface area contributed by atoms with Crippen molar-refractivity contribution in [2.45, 2.75) is 13.0 Å². The Bertz CT molecular complexity index is 744. The van der Waals surface area contributed by atoms with Gasteiger partial charge in [0.25, 0.3) is 5.69 Å². The van der Waals surface area contributed by atoms with Crippen molar-refractivity contribution < 1.29 is 24.0 Å². The number of non-ortho nitro benzene ring substituents is 1. The first-order valence-corrected chi connectivity index (χ1v) is 7.20. The lowest BCUT2D eigenvalue weighted by Gasteiger charge is -2.16. The minimum atomic E-state index is -1.38. The van der Waals surface area contributed by atoms with Gasteiger partial charge in [0.2, 0.25) is 6.10 Å². The second-order valence-corrected chi connectivity index (χ2v) is 4.76. The number of benzene rings is 2. The molecule has 0 unspecified atom stereocenters. The fourth-order valence-corrected chi connectivity index (χ4v) is 2.02. The van der Waals surface area contributed by atoms with Gasteiger partial charge < -0.3 is 9.47 Å². The lowest BCUT2D eigenvalue weighted by atomic mass is 10.1. The molecular formula is C17H15NO6.